The van der Waals surface area contributed by atoms with Crippen molar-refractivity contribution in [3.8, 4) is 0 Å². The van der Waals surface area contributed by atoms with Crippen molar-refractivity contribution >= 4 is 11.8 Å². The number of pyridine rings is 1. The lowest BCUT2D eigenvalue weighted by Gasteiger charge is -2.17. The fourth-order valence-corrected chi connectivity index (χ4v) is 3.05. The number of nitrogens with one attached hydrogen (secondary N) is 1. The van der Waals surface area contributed by atoms with E-state index in [0.717, 1.165) is 5.75 Å². The van der Waals surface area contributed by atoms with Crippen LogP contribution in [0.25, 0.3) is 0 Å². The van der Waals surface area contributed by atoms with Gasteiger partial charge in [0.05, 0.1) is 6.20 Å². The number of nitrogens with zero attached hydrogens (tertiary/aromatic N) is 1. The Balaban J connectivity index is 2.09. The first-order valence-corrected chi connectivity index (χ1v) is 7.16. The van der Waals surface area contributed by atoms with Crippen LogP contribution in [0.2, 0.25) is 0 Å². The molecule has 0 amide bonds. The Morgan fingerprint density at radius 1 is 1.32 bits per heavy atom. The number of halogens is 1. The number of aromatic nitrogens is 1. The molecule has 1 atom stereocenters. The first kappa shape index (κ1) is 14.0. The molecule has 1 N–H and O–H groups in total. The minimum atomic E-state index is -0.257. The smallest absolute Gasteiger partial charge is 0.146 e. The molecule has 0 radical (unpaired) electrons. The second-order valence-corrected chi connectivity index (χ2v) is 5.38. The van der Waals surface area contributed by atoms with Gasteiger partial charge in [-0.2, -0.15) is 0 Å². The van der Waals surface area contributed by atoms with Gasteiger partial charge in [-0.05, 0) is 31.7 Å². The van der Waals surface area contributed by atoms with Crippen molar-refractivity contribution in [2.24, 2.45) is 0 Å². The fraction of sp³-hybridized carbons (Fsp3) is 0.267. The standard InChI is InChI=1S/C15H17FN2S/c1-11-5-3-4-6-15(11)19-10-14(17-2)12-7-8-18-9-13(12)16/h3-9,14,17H,10H2,1-2H3. The van der Waals surface area contributed by atoms with Gasteiger partial charge in [0.15, 0.2) is 0 Å². The Labute approximate surface area is 117 Å². The van der Waals surface area contributed by atoms with Crippen LogP contribution in [0.1, 0.15) is 17.2 Å². The lowest BCUT2D eigenvalue weighted by atomic mass is 10.1. The van der Waals surface area contributed by atoms with Crippen LogP contribution >= 0.6 is 11.8 Å². The van der Waals surface area contributed by atoms with E-state index in [1.54, 1.807) is 24.0 Å². The highest BCUT2D eigenvalue weighted by Crippen LogP contribution is 2.27. The highest BCUT2D eigenvalue weighted by Gasteiger charge is 2.14. The minimum Gasteiger partial charge on any atom is -0.312 e. The summed E-state index contributed by atoms with van der Waals surface area (Å²) in [7, 11) is 1.85. The zero-order valence-corrected chi connectivity index (χ0v) is 11.9. The van der Waals surface area contributed by atoms with Crippen LogP contribution in [0.3, 0.4) is 0 Å². The molecule has 1 unspecified atom stereocenters. The molecular weight excluding hydrogens is 259 g/mol. The molecule has 2 rings (SSSR count). The van der Waals surface area contributed by atoms with Gasteiger partial charge in [-0.25, -0.2) is 4.39 Å². The van der Waals surface area contributed by atoms with Crippen molar-refractivity contribution in [3.05, 3.63) is 59.7 Å². The van der Waals surface area contributed by atoms with Gasteiger partial charge in [0.2, 0.25) is 0 Å². The fourth-order valence-electron chi connectivity index (χ4n) is 1.89. The molecule has 0 aliphatic heterocycles. The summed E-state index contributed by atoms with van der Waals surface area (Å²) in [6.07, 6.45) is 2.89. The highest BCUT2D eigenvalue weighted by atomic mass is 32.2. The average molecular weight is 276 g/mol. The molecule has 4 heteroatoms. The minimum absolute atomic E-state index is 0.0207. The lowest BCUT2D eigenvalue weighted by Crippen LogP contribution is -2.20. The van der Waals surface area contributed by atoms with Gasteiger partial charge in [0.1, 0.15) is 5.82 Å². The van der Waals surface area contributed by atoms with Crippen molar-refractivity contribution < 1.29 is 4.39 Å². The summed E-state index contributed by atoms with van der Waals surface area (Å²) in [5.41, 5.74) is 1.91. The Kier molecular flexibility index (Phi) is 4.93. The van der Waals surface area contributed by atoms with Crippen molar-refractivity contribution in [3.63, 3.8) is 0 Å². The molecule has 1 aromatic heterocycles. The van der Waals surface area contributed by atoms with E-state index in [0.29, 0.717) is 5.56 Å². The van der Waals surface area contributed by atoms with Crippen LogP contribution in [-0.4, -0.2) is 17.8 Å². The largest absolute Gasteiger partial charge is 0.312 e. The van der Waals surface area contributed by atoms with E-state index in [9.17, 15) is 4.39 Å². The Morgan fingerprint density at radius 3 is 2.79 bits per heavy atom. The zero-order chi connectivity index (χ0) is 13.7. The predicted molar refractivity (Wildman–Crippen MR) is 77.9 cm³/mol. The monoisotopic (exact) mass is 276 g/mol. The summed E-state index contributed by atoms with van der Waals surface area (Å²) >= 11 is 1.73. The van der Waals surface area contributed by atoms with Crippen LogP contribution in [0, 0.1) is 12.7 Å². The van der Waals surface area contributed by atoms with Crippen LogP contribution < -0.4 is 5.32 Å². The van der Waals surface area contributed by atoms with E-state index in [1.165, 1.54) is 16.7 Å². The van der Waals surface area contributed by atoms with E-state index in [-0.39, 0.29) is 11.9 Å². The molecule has 0 saturated carbocycles. The maximum Gasteiger partial charge on any atom is 0.146 e. The highest BCUT2D eigenvalue weighted by molar-refractivity contribution is 7.99. The summed E-state index contributed by atoms with van der Waals surface area (Å²) in [5.74, 6) is 0.523. The second kappa shape index (κ2) is 6.68. The third-order valence-corrected chi connectivity index (χ3v) is 4.30. The molecule has 19 heavy (non-hydrogen) atoms. The maximum absolute atomic E-state index is 13.7. The quantitative estimate of drug-likeness (QED) is 0.845. The molecule has 0 spiro atoms. The van der Waals surface area contributed by atoms with E-state index in [2.05, 4.69) is 29.4 Å². The first-order chi connectivity index (χ1) is 9.22. The van der Waals surface area contributed by atoms with Crippen molar-refractivity contribution in [1.29, 1.82) is 0 Å². The number of thioether (sulfide) groups is 1. The number of rotatable bonds is 5. The third-order valence-electron chi connectivity index (χ3n) is 3.03. The molecule has 0 aliphatic carbocycles. The summed E-state index contributed by atoms with van der Waals surface area (Å²) in [4.78, 5) is 5.02. The van der Waals surface area contributed by atoms with Gasteiger partial charge in [-0.3, -0.25) is 4.98 Å². The van der Waals surface area contributed by atoms with Crippen molar-refractivity contribution in [1.82, 2.24) is 10.3 Å². The van der Waals surface area contributed by atoms with E-state index >= 15 is 0 Å². The van der Waals surface area contributed by atoms with Crippen LogP contribution in [0.15, 0.2) is 47.6 Å². The maximum atomic E-state index is 13.7. The third kappa shape index (κ3) is 3.55. The van der Waals surface area contributed by atoms with Gasteiger partial charge in [0.25, 0.3) is 0 Å². The molecular formula is C15H17FN2S. The Hall–Kier alpha value is -1.39. The Bertz CT molecular complexity index is 545. The molecule has 1 heterocycles. The molecule has 100 valence electrons. The summed E-state index contributed by atoms with van der Waals surface area (Å²) < 4.78 is 13.7. The zero-order valence-electron chi connectivity index (χ0n) is 11.1. The normalized spacial score (nSPS) is 12.4. The molecule has 0 saturated heterocycles. The molecule has 0 bridgehead atoms. The number of benzene rings is 1. The van der Waals surface area contributed by atoms with Gasteiger partial charge >= 0.3 is 0 Å². The first-order valence-electron chi connectivity index (χ1n) is 6.17. The predicted octanol–water partition coefficient (Wildman–Crippen LogP) is 3.58. The van der Waals surface area contributed by atoms with Crippen molar-refractivity contribution in [2.45, 2.75) is 17.9 Å². The van der Waals surface area contributed by atoms with E-state index in [4.69, 9.17) is 0 Å². The number of hydrogen-bond acceptors (Lipinski definition) is 3. The average Bonchev–Trinajstić information content (AvgIpc) is 2.43. The van der Waals surface area contributed by atoms with Crippen LogP contribution in [0.5, 0.6) is 0 Å². The van der Waals surface area contributed by atoms with Gasteiger partial charge < -0.3 is 5.32 Å². The van der Waals surface area contributed by atoms with Gasteiger partial charge in [-0.15, -0.1) is 11.8 Å². The van der Waals surface area contributed by atoms with E-state index in [1.807, 2.05) is 19.2 Å². The molecule has 2 aromatic rings. The molecule has 0 aliphatic rings. The molecule has 2 nitrogen and oxygen atoms in total. The van der Waals surface area contributed by atoms with Gasteiger partial charge in [-0.1, -0.05) is 18.2 Å². The van der Waals surface area contributed by atoms with Crippen LogP contribution in [-0.2, 0) is 0 Å². The van der Waals surface area contributed by atoms with Gasteiger partial charge in [0, 0.05) is 28.5 Å². The lowest BCUT2D eigenvalue weighted by molar-refractivity contribution is 0.560. The number of hydrogen-bond donors (Lipinski definition) is 1. The topological polar surface area (TPSA) is 24.9 Å². The summed E-state index contributed by atoms with van der Waals surface area (Å²) in [6, 6.07) is 9.94. The van der Waals surface area contributed by atoms with Crippen LogP contribution in [0.4, 0.5) is 4.39 Å². The molecule has 0 fully saturated rings. The van der Waals surface area contributed by atoms with E-state index < -0.39 is 0 Å². The second-order valence-electron chi connectivity index (χ2n) is 4.31. The molecule has 1 aromatic carbocycles. The summed E-state index contributed by atoms with van der Waals surface area (Å²) in [5, 5.41) is 3.16. The van der Waals surface area contributed by atoms with Crippen molar-refractivity contribution in [2.75, 3.05) is 12.8 Å². The Morgan fingerprint density at radius 2 is 2.11 bits per heavy atom. The number of aryl methyl sites for hydroxylation is 1. The summed E-state index contributed by atoms with van der Waals surface area (Å²) in [6.45, 7) is 2.09. The SMILES string of the molecule is CNC(CSc1ccccc1C)c1ccncc1F.